The molecule has 0 aromatic heterocycles. The number of halogens is 2. The third-order valence-electron chi connectivity index (χ3n) is 4.45. The van der Waals surface area contributed by atoms with Gasteiger partial charge < -0.3 is 10.1 Å². The van der Waals surface area contributed by atoms with Gasteiger partial charge in [-0.25, -0.2) is 4.39 Å². The topological polar surface area (TPSA) is 24.5 Å². The van der Waals surface area contributed by atoms with Gasteiger partial charge in [-0.1, -0.05) is 19.1 Å². The molecule has 1 aromatic carbocycles. The number of hydrogen-bond donors (Lipinski definition) is 1. The average molecular weight is 315 g/mol. The van der Waals surface area contributed by atoms with E-state index in [1.165, 1.54) is 18.6 Å². The van der Waals surface area contributed by atoms with Gasteiger partial charge in [-0.3, -0.25) is 4.90 Å². The normalized spacial score (nSPS) is 30.1. The molecule has 1 aromatic rings. The van der Waals surface area contributed by atoms with Crippen molar-refractivity contribution in [1.82, 2.24) is 10.2 Å². The van der Waals surface area contributed by atoms with Gasteiger partial charge in [-0.05, 0) is 36.1 Å². The largest absolute Gasteiger partial charge is 0.371 e. The Morgan fingerprint density at radius 3 is 2.81 bits per heavy atom. The van der Waals surface area contributed by atoms with Crippen LogP contribution in [-0.4, -0.2) is 44.2 Å². The van der Waals surface area contributed by atoms with Gasteiger partial charge in [0.25, 0.3) is 0 Å². The molecule has 0 radical (unpaired) electrons. The number of ether oxygens (including phenoxy) is 1. The molecule has 2 heterocycles. The highest BCUT2D eigenvalue weighted by atomic mass is 35.5. The molecule has 2 fully saturated rings. The minimum atomic E-state index is -0.189. The van der Waals surface area contributed by atoms with Gasteiger partial charge in [0.15, 0.2) is 0 Å². The van der Waals surface area contributed by atoms with E-state index >= 15 is 0 Å². The molecule has 0 spiro atoms. The van der Waals surface area contributed by atoms with Crippen molar-refractivity contribution in [1.29, 1.82) is 0 Å². The van der Waals surface area contributed by atoms with Gasteiger partial charge in [-0.15, -0.1) is 12.4 Å². The van der Waals surface area contributed by atoms with E-state index in [-0.39, 0.29) is 24.3 Å². The molecule has 21 heavy (non-hydrogen) atoms. The SMILES string of the molecule is CC1(CN2CCOC(c3ccc(F)cc3)C2)CCNC1.Cl. The molecule has 2 saturated heterocycles. The highest BCUT2D eigenvalue weighted by Gasteiger charge is 2.32. The Labute approximate surface area is 132 Å². The molecule has 3 nitrogen and oxygen atoms in total. The number of rotatable bonds is 3. The molecule has 5 heteroatoms. The van der Waals surface area contributed by atoms with Crippen molar-refractivity contribution in [2.24, 2.45) is 5.41 Å². The first kappa shape index (κ1) is 16.7. The standard InChI is InChI=1S/C16H23FN2O.ClH/c1-16(6-7-18-11-16)12-19-8-9-20-15(10-19)13-2-4-14(17)5-3-13;/h2-5,15,18H,6-12H2,1H3;1H. The first-order chi connectivity index (χ1) is 9.65. The van der Waals surface area contributed by atoms with Crippen molar-refractivity contribution in [3.63, 3.8) is 0 Å². The van der Waals surface area contributed by atoms with E-state index < -0.39 is 0 Å². The van der Waals surface area contributed by atoms with Crippen LogP contribution in [0, 0.1) is 11.2 Å². The third kappa shape index (κ3) is 4.16. The maximum atomic E-state index is 13.0. The molecule has 2 aliphatic rings. The van der Waals surface area contributed by atoms with Crippen LogP contribution in [-0.2, 0) is 4.74 Å². The fourth-order valence-electron chi connectivity index (χ4n) is 3.27. The summed E-state index contributed by atoms with van der Waals surface area (Å²) in [6.07, 6.45) is 1.31. The second-order valence-corrected chi connectivity index (χ2v) is 6.38. The molecular weight excluding hydrogens is 291 g/mol. The lowest BCUT2D eigenvalue weighted by Gasteiger charge is -2.37. The molecule has 2 aliphatic heterocycles. The summed E-state index contributed by atoms with van der Waals surface area (Å²) in [4.78, 5) is 2.49. The molecular formula is C16H24ClFN2O. The van der Waals surface area contributed by atoms with Crippen molar-refractivity contribution in [2.75, 3.05) is 39.3 Å². The number of benzene rings is 1. The molecule has 2 atom stereocenters. The van der Waals surface area contributed by atoms with E-state index in [4.69, 9.17) is 4.74 Å². The van der Waals surface area contributed by atoms with Crippen LogP contribution in [0.1, 0.15) is 25.0 Å². The molecule has 118 valence electrons. The van der Waals surface area contributed by atoms with Crippen LogP contribution in [0.4, 0.5) is 4.39 Å². The lowest BCUT2D eigenvalue weighted by molar-refractivity contribution is -0.0400. The van der Waals surface area contributed by atoms with Crippen molar-refractivity contribution in [3.8, 4) is 0 Å². The number of morpholine rings is 1. The second kappa shape index (κ2) is 7.05. The van der Waals surface area contributed by atoms with E-state index in [0.717, 1.165) is 44.9 Å². The molecule has 0 bridgehead atoms. The highest BCUT2D eigenvalue weighted by molar-refractivity contribution is 5.85. The monoisotopic (exact) mass is 314 g/mol. The minimum Gasteiger partial charge on any atom is -0.371 e. The van der Waals surface area contributed by atoms with Gasteiger partial charge in [-0.2, -0.15) is 0 Å². The Morgan fingerprint density at radius 1 is 1.38 bits per heavy atom. The summed E-state index contributed by atoms with van der Waals surface area (Å²) in [6.45, 7) is 8.35. The van der Waals surface area contributed by atoms with E-state index in [2.05, 4.69) is 17.1 Å². The first-order valence-electron chi connectivity index (χ1n) is 7.45. The van der Waals surface area contributed by atoms with Crippen LogP contribution < -0.4 is 5.32 Å². The van der Waals surface area contributed by atoms with E-state index in [0.29, 0.717) is 5.41 Å². The summed E-state index contributed by atoms with van der Waals surface area (Å²) in [5.41, 5.74) is 1.45. The molecule has 1 N–H and O–H groups in total. The van der Waals surface area contributed by atoms with Crippen molar-refractivity contribution >= 4 is 12.4 Å². The maximum absolute atomic E-state index is 13.0. The first-order valence-corrected chi connectivity index (χ1v) is 7.45. The van der Waals surface area contributed by atoms with Crippen molar-refractivity contribution in [3.05, 3.63) is 35.6 Å². The summed E-state index contributed by atoms with van der Waals surface area (Å²) >= 11 is 0. The van der Waals surface area contributed by atoms with Crippen molar-refractivity contribution in [2.45, 2.75) is 19.4 Å². The smallest absolute Gasteiger partial charge is 0.123 e. The van der Waals surface area contributed by atoms with Crippen LogP contribution >= 0.6 is 12.4 Å². The predicted octanol–water partition coefficient (Wildman–Crippen LogP) is 2.62. The summed E-state index contributed by atoms with van der Waals surface area (Å²) in [5.74, 6) is -0.189. The van der Waals surface area contributed by atoms with Crippen LogP contribution in [0.25, 0.3) is 0 Å². The van der Waals surface area contributed by atoms with E-state index in [1.54, 1.807) is 0 Å². The lowest BCUT2D eigenvalue weighted by Crippen LogP contribution is -2.44. The molecule has 0 aliphatic carbocycles. The Kier molecular flexibility index (Phi) is 5.60. The Balaban J connectivity index is 0.00000161. The third-order valence-corrected chi connectivity index (χ3v) is 4.45. The summed E-state index contributed by atoms with van der Waals surface area (Å²) in [7, 11) is 0. The van der Waals surface area contributed by atoms with Crippen LogP contribution in [0.2, 0.25) is 0 Å². The molecule has 0 amide bonds. The highest BCUT2D eigenvalue weighted by Crippen LogP contribution is 2.29. The Morgan fingerprint density at radius 2 is 2.14 bits per heavy atom. The predicted molar refractivity (Wildman–Crippen MR) is 84.4 cm³/mol. The van der Waals surface area contributed by atoms with E-state index in [1.807, 2.05) is 12.1 Å². The number of nitrogens with zero attached hydrogens (tertiary/aromatic N) is 1. The van der Waals surface area contributed by atoms with Crippen LogP contribution in [0.5, 0.6) is 0 Å². The fourth-order valence-corrected chi connectivity index (χ4v) is 3.27. The van der Waals surface area contributed by atoms with Crippen molar-refractivity contribution < 1.29 is 9.13 Å². The second-order valence-electron chi connectivity index (χ2n) is 6.38. The van der Waals surface area contributed by atoms with E-state index in [9.17, 15) is 4.39 Å². The van der Waals surface area contributed by atoms with Gasteiger partial charge >= 0.3 is 0 Å². The van der Waals surface area contributed by atoms with Gasteiger partial charge in [0.1, 0.15) is 5.82 Å². The minimum absolute atomic E-state index is 0. The lowest BCUT2D eigenvalue weighted by atomic mass is 9.89. The maximum Gasteiger partial charge on any atom is 0.123 e. The zero-order valence-corrected chi connectivity index (χ0v) is 13.3. The zero-order valence-electron chi connectivity index (χ0n) is 12.5. The quantitative estimate of drug-likeness (QED) is 0.928. The van der Waals surface area contributed by atoms with Gasteiger partial charge in [0.2, 0.25) is 0 Å². The molecule has 2 unspecified atom stereocenters. The average Bonchev–Trinajstić information content (AvgIpc) is 2.86. The molecule has 0 saturated carbocycles. The number of nitrogens with one attached hydrogen (secondary N) is 1. The van der Waals surface area contributed by atoms with Gasteiger partial charge in [0, 0.05) is 26.2 Å². The molecule has 3 rings (SSSR count). The summed E-state index contributed by atoms with van der Waals surface area (Å²) in [5, 5.41) is 3.45. The summed E-state index contributed by atoms with van der Waals surface area (Å²) in [6, 6.07) is 6.70. The van der Waals surface area contributed by atoms with Crippen LogP contribution in [0.3, 0.4) is 0 Å². The van der Waals surface area contributed by atoms with Crippen LogP contribution in [0.15, 0.2) is 24.3 Å². The summed E-state index contributed by atoms with van der Waals surface area (Å²) < 4.78 is 18.8. The fraction of sp³-hybridized carbons (Fsp3) is 0.625. The zero-order chi connectivity index (χ0) is 14.0. The van der Waals surface area contributed by atoms with Gasteiger partial charge in [0.05, 0.1) is 12.7 Å². The Bertz CT molecular complexity index is 448. The number of hydrogen-bond acceptors (Lipinski definition) is 3. The Hall–Kier alpha value is -0.680.